The van der Waals surface area contributed by atoms with Crippen molar-refractivity contribution in [3.05, 3.63) is 0 Å². The van der Waals surface area contributed by atoms with Gasteiger partial charge in [0.15, 0.2) is 5.79 Å². The van der Waals surface area contributed by atoms with Crippen LogP contribution in [0.1, 0.15) is 46.0 Å². The van der Waals surface area contributed by atoms with Crippen molar-refractivity contribution >= 4 is 10.1 Å². The first-order valence-electron chi connectivity index (χ1n) is 6.83. The lowest BCUT2D eigenvalue weighted by molar-refractivity contribution is -0.352. The van der Waals surface area contributed by atoms with E-state index in [0.717, 1.165) is 31.9 Å². The molecule has 4 nitrogen and oxygen atoms in total. The molecule has 4 fully saturated rings. The highest BCUT2D eigenvalue weighted by atomic mass is 32.2. The van der Waals surface area contributed by atoms with E-state index in [9.17, 15) is 8.42 Å². The molecule has 0 aromatic rings. The first-order valence-corrected chi connectivity index (χ1v) is 8.64. The summed E-state index contributed by atoms with van der Waals surface area (Å²) in [7, 11) is -3.46. The molecular formula is C13H22O4S. The Bertz CT molecular complexity index is 440. The van der Waals surface area contributed by atoms with Gasteiger partial charge in [-0.1, -0.05) is 13.8 Å². The number of hydrogen-bond donors (Lipinski definition) is 0. The second kappa shape index (κ2) is 3.70. The Morgan fingerprint density at radius 1 is 1.17 bits per heavy atom. The molecule has 0 aromatic carbocycles. The molecule has 18 heavy (non-hydrogen) atoms. The summed E-state index contributed by atoms with van der Waals surface area (Å²) in [5.41, 5.74) is -0.158. The van der Waals surface area contributed by atoms with Gasteiger partial charge in [0.2, 0.25) is 0 Å². The summed E-state index contributed by atoms with van der Waals surface area (Å²) in [6, 6.07) is 0. The fourth-order valence-corrected chi connectivity index (χ4v) is 5.18. The van der Waals surface area contributed by atoms with Crippen molar-refractivity contribution in [2.75, 3.05) is 6.26 Å². The predicted molar refractivity (Wildman–Crippen MR) is 67.4 cm³/mol. The van der Waals surface area contributed by atoms with Crippen LogP contribution in [0.5, 0.6) is 0 Å². The van der Waals surface area contributed by atoms with Gasteiger partial charge in [0.25, 0.3) is 10.1 Å². The molecule has 2 heterocycles. The first kappa shape index (κ1) is 12.9. The molecule has 5 heteroatoms. The molecule has 4 rings (SSSR count). The van der Waals surface area contributed by atoms with Gasteiger partial charge in [-0.15, -0.1) is 0 Å². The quantitative estimate of drug-likeness (QED) is 0.741. The fourth-order valence-electron chi connectivity index (χ4n) is 4.46. The van der Waals surface area contributed by atoms with Crippen LogP contribution in [0.25, 0.3) is 0 Å². The van der Waals surface area contributed by atoms with Gasteiger partial charge in [0, 0.05) is 12.8 Å². The topological polar surface area (TPSA) is 52.6 Å². The normalized spacial score (nSPS) is 46.9. The summed E-state index contributed by atoms with van der Waals surface area (Å²) in [5, 5.41) is 0. The zero-order valence-corrected chi connectivity index (χ0v) is 12.1. The van der Waals surface area contributed by atoms with Crippen molar-refractivity contribution in [2.45, 2.75) is 57.3 Å². The summed E-state index contributed by atoms with van der Waals surface area (Å²) in [6.45, 7) is 4.34. The number of rotatable bonds is 3. The van der Waals surface area contributed by atoms with Crippen molar-refractivity contribution in [3.8, 4) is 0 Å². The molecule has 2 saturated carbocycles. The van der Waals surface area contributed by atoms with Gasteiger partial charge in [0.1, 0.15) is 0 Å². The minimum Gasteiger partial charge on any atom is -0.342 e. The summed E-state index contributed by atoms with van der Waals surface area (Å²) in [5.74, 6) is 0.679. The van der Waals surface area contributed by atoms with Gasteiger partial charge in [0.05, 0.1) is 11.9 Å². The van der Waals surface area contributed by atoms with Crippen molar-refractivity contribution < 1.29 is 17.3 Å². The van der Waals surface area contributed by atoms with Crippen LogP contribution in [-0.4, -0.2) is 26.1 Å². The molecule has 0 radical (unpaired) electrons. The summed E-state index contributed by atoms with van der Waals surface area (Å²) < 4.78 is 34.6. The van der Waals surface area contributed by atoms with E-state index in [1.165, 1.54) is 6.42 Å². The molecule has 4 atom stereocenters. The highest BCUT2D eigenvalue weighted by Gasteiger charge is 2.61. The Morgan fingerprint density at radius 3 is 2.17 bits per heavy atom. The highest BCUT2D eigenvalue weighted by molar-refractivity contribution is 7.86. The van der Waals surface area contributed by atoms with Crippen LogP contribution in [0.4, 0.5) is 0 Å². The largest absolute Gasteiger partial charge is 0.342 e. The number of ether oxygens (including phenoxy) is 1. The van der Waals surface area contributed by atoms with Crippen molar-refractivity contribution in [1.82, 2.24) is 0 Å². The van der Waals surface area contributed by atoms with Crippen LogP contribution in [0.15, 0.2) is 0 Å². The van der Waals surface area contributed by atoms with E-state index in [2.05, 4.69) is 13.8 Å². The smallest absolute Gasteiger partial charge is 0.267 e. The maximum absolute atomic E-state index is 11.5. The van der Waals surface area contributed by atoms with E-state index >= 15 is 0 Å². The van der Waals surface area contributed by atoms with Gasteiger partial charge in [-0.3, -0.25) is 0 Å². The van der Waals surface area contributed by atoms with Gasteiger partial charge in [-0.25, -0.2) is 4.18 Å². The third-order valence-corrected chi connectivity index (χ3v) is 5.49. The molecular weight excluding hydrogens is 252 g/mol. The molecule has 2 aliphatic carbocycles. The second-order valence-corrected chi connectivity index (χ2v) is 8.38. The molecule has 2 unspecified atom stereocenters. The van der Waals surface area contributed by atoms with E-state index in [1.807, 2.05) is 0 Å². The zero-order valence-electron chi connectivity index (χ0n) is 11.3. The lowest BCUT2D eigenvalue weighted by Crippen LogP contribution is -2.64. The summed E-state index contributed by atoms with van der Waals surface area (Å²) in [4.78, 5) is 0. The van der Waals surface area contributed by atoms with Crippen molar-refractivity contribution in [2.24, 2.45) is 17.8 Å². The maximum Gasteiger partial charge on any atom is 0.267 e. The van der Waals surface area contributed by atoms with Gasteiger partial charge in [-0.2, -0.15) is 8.42 Å². The fraction of sp³-hybridized carbons (Fsp3) is 1.00. The molecule has 2 saturated heterocycles. The third-order valence-electron chi connectivity index (χ3n) is 4.88. The van der Waals surface area contributed by atoms with Crippen LogP contribution in [0.3, 0.4) is 0 Å². The first-order chi connectivity index (χ1) is 8.22. The molecule has 0 amide bonds. The van der Waals surface area contributed by atoms with Gasteiger partial charge < -0.3 is 4.74 Å². The second-order valence-electron chi connectivity index (χ2n) is 6.80. The van der Waals surface area contributed by atoms with Crippen molar-refractivity contribution in [3.63, 3.8) is 0 Å². The van der Waals surface area contributed by atoms with E-state index in [0.29, 0.717) is 17.8 Å². The lowest BCUT2D eigenvalue weighted by atomic mass is 9.58. The lowest BCUT2D eigenvalue weighted by Gasteiger charge is -2.62. The monoisotopic (exact) mass is 274 g/mol. The average molecular weight is 274 g/mol. The van der Waals surface area contributed by atoms with E-state index < -0.39 is 15.9 Å². The van der Waals surface area contributed by atoms with Crippen LogP contribution in [-0.2, 0) is 19.0 Å². The molecule has 0 aromatic heterocycles. The summed E-state index contributed by atoms with van der Waals surface area (Å²) in [6.07, 6.45) is 5.95. The van der Waals surface area contributed by atoms with E-state index in [4.69, 9.17) is 8.92 Å². The van der Waals surface area contributed by atoms with Crippen molar-refractivity contribution in [1.29, 1.82) is 0 Å². The Kier molecular flexibility index (Phi) is 2.65. The Balaban J connectivity index is 1.94. The predicted octanol–water partition coefficient (Wildman–Crippen LogP) is 2.29. The standard InChI is InChI=1S/C13H22O4S/c1-9(2)12-5-10-4-11(6-12)8-13(7-10,16-12)17-18(3,14)15/h9-11H,4-8H2,1-3H3/t10-,11+,12?,13?. The highest BCUT2D eigenvalue weighted by Crippen LogP contribution is 2.60. The van der Waals surface area contributed by atoms with Crippen LogP contribution < -0.4 is 0 Å². The van der Waals surface area contributed by atoms with Gasteiger partial charge >= 0.3 is 0 Å². The van der Waals surface area contributed by atoms with E-state index in [-0.39, 0.29) is 5.60 Å². The molecule has 104 valence electrons. The Labute approximate surface area is 109 Å². The summed E-state index contributed by atoms with van der Waals surface area (Å²) >= 11 is 0. The van der Waals surface area contributed by atoms with Crippen LogP contribution >= 0.6 is 0 Å². The molecule has 4 bridgehead atoms. The molecule has 0 N–H and O–H groups in total. The van der Waals surface area contributed by atoms with Crippen LogP contribution in [0, 0.1) is 17.8 Å². The molecule has 2 aliphatic heterocycles. The average Bonchev–Trinajstić information content (AvgIpc) is 2.10. The minimum atomic E-state index is -3.46. The maximum atomic E-state index is 11.5. The molecule has 4 aliphatic rings. The molecule has 0 spiro atoms. The van der Waals surface area contributed by atoms with E-state index in [1.54, 1.807) is 0 Å². The number of hydrogen-bond acceptors (Lipinski definition) is 4. The Hall–Kier alpha value is -0.130. The third kappa shape index (κ3) is 2.00. The SMILES string of the molecule is CC(C)C12C[C@@H]3C[C@@H](CC(OS(C)(=O)=O)(C3)O1)C2. The Morgan fingerprint density at radius 2 is 1.72 bits per heavy atom. The van der Waals surface area contributed by atoms with Crippen LogP contribution in [0.2, 0.25) is 0 Å². The van der Waals surface area contributed by atoms with Gasteiger partial charge in [-0.05, 0) is 37.0 Å². The minimum absolute atomic E-state index is 0.158. The zero-order chi connectivity index (χ0) is 13.2.